The van der Waals surface area contributed by atoms with Gasteiger partial charge in [-0.2, -0.15) is 0 Å². The molecule has 0 unspecified atom stereocenters. The Bertz CT molecular complexity index is 725. The zero-order valence-corrected chi connectivity index (χ0v) is 14.7. The van der Waals surface area contributed by atoms with Gasteiger partial charge in [-0.1, -0.05) is 35.9 Å². The number of nitrogens with zero attached hydrogens (tertiary/aromatic N) is 1. The van der Waals surface area contributed by atoms with Gasteiger partial charge in [-0.05, 0) is 23.8 Å². The summed E-state index contributed by atoms with van der Waals surface area (Å²) in [5, 5.41) is 21.0. The van der Waals surface area contributed by atoms with E-state index in [9.17, 15) is 14.6 Å². The minimum atomic E-state index is -0.736. The van der Waals surface area contributed by atoms with Crippen LogP contribution in [0.1, 0.15) is 17.0 Å². The van der Waals surface area contributed by atoms with Gasteiger partial charge in [0.1, 0.15) is 0 Å². The van der Waals surface area contributed by atoms with Crippen LogP contribution < -0.4 is 4.74 Å². The molecular formula is C19H21ClFNO3. The van der Waals surface area contributed by atoms with Gasteiger partial charge in [0.25, 0.3) is 0 Å². The number of halogens is 2. The Balaban J connectivity index is 1.83. The van der Waals surface area contributed by atoms with Crippen molar-refractivity contribution in [2.75, 3.05) is 20.3 Å². The summed E-state index contributed by atoms with van der Waals surface area (Å²) < 4.78 is 19.4. The van der Waals surface area contributed by atoms with Gasteiger partial charge in [0.15, 0.2) is 11.6 Å². The molecule has 1 heterocycles. The summed E-state index contributed by atoms with van der Waals surface area (Å²) >= 11 is 5.93. The van der Waals surface area contributed by atoms with Crippen LogP contribution in [0, 0.1) is 5.82 Å². The molecule has 3 rings (SSSR count). The van der Waals surface area contributed by atoms with E-state index in [1.54, 1.807) is 30.3 Å². The van der Waals surface area contributed by atoms with Crippen LogP contribution in [0.4, 0.5) is 4.39 Å². The monoisotopic (exact) mass is 365 g/mol. The number of aliphatic hydroxyl groups is 2. The van der Waals surface area contributed by atoms with Crippen molar-refractivity contribution < 1.29 is 19.3 Å². The number of benzene rings is 2. The van der Waals surface area contributed by atoms with Gasteiger partial charge in [-0.25, -0.2) is 4.39 Å². The van der Waals surface area contributed by atoms with Crippen molar-refractivity contribution in [3.05, 3.63) is 64.4 Å². The Labute approximate surface area is 151 Å². The third-order valence-corrected chi connectivity index (χ3v) is 5.08. The Morgan fingerprint density at radius 3 is 2.60 bits per heavy atom. The molecule has 1 aliphatic rings. The predicted octanol–water partition coefficient (Wildman–Crippen LogP) is 2.81. The molecule has 0 spiro atoms. The van der Waals surface area contributed by atoms with E-state index in [1.807, 2.05) is 17.0 Å². The van der Waals surface area contributed by atoms with Crippen molar-refractivity contribution in [3.63, 3.8) is 0 Å². The molecule has 134 valence electrons. The first kappa shape index (κ1) is 18.1. The third kappa shape index (κ3) is 3.65. The van der Waals surface area contributed by atoms with E-state index < -0.39 is 18.0 Å². The van der Waals surface area contributed by atoms with Crippen molar-refractivity contribution in [2.45, 2.75) is 24.6 Å². The molecule has 4 nitrogen and oxygen atoms in total. The number of likely N-dealkylation sites (tertiary alicyclic amines) is 1. The van der Waals surface area contributed by atoms with Crippen LogP contribution >= 0.6 is 11.6 Å². The minimum Gasteiger partial charge on any atom is -0.494 e. The lowest BCUT2D eigenvalue weighted by Crippen LogP contribution is -2.38. The lowest BCUT2D eigenvalue weighted by Gasteiger charge is -2.24. The standard InChI is InChI=1S/C19H21ClFNO3/c1-25-17-4-2-3-13(18(17)21)9-22-10-15(19(24)16(22)11-23)12-5-7-14(20)8-6-12/h2-8,15-16,19,23-24H,9-11H2,1H3/t15-,16-,19-/m1/s1. The zero-order valence-electron chi connectivity index (χ0n) is 13.9. The molecule has 2 N–H and O–H groups in total. The number of ether oxygens (including phenoxy) is 1. The van der Waals surface area contributed by atoms with E-state index in [1.165, 1.54) is 7.11 Å². The first-order chi connectivity index (χ1) is 12.0. The molecule has 0 saturated carbocycles. The third-order valence-electron chi connectivity index (χ3n) is 4.83. The summed E-state index contributed by atoms with van der Waals surface area (Å²) in [5.41, 5.74) is 1.42. The normalized spacial score (nSPS) is 23.8. The highest BCUT2D eigenvalue weighted by atomic mass is 35.5. The Morgan fingerprint density at radius 1 is 1.24 bits per heavy atom. The summed E-state index contributed by atoms with van der Waals surface area (Å²) in [4.78, 5) is 1.90. The molecular weight excluding hydrogens is 345 g/mol. The molecule has 1 fully saturated rings. The Hall–Kier alpha value is -1.66. The maximum atomic E-state index is 14.4. The van der Waals surface area contributed by atoms with Gasteiger partial charge >= 0.3 is 0 Å². The van der Waals surface area contributed by atoms with Crippen molar-refractivity contribution in [3.8, 4) is 5.75 Å². The largest absolute Gasteiger partial charge is 0.494 e. The molecule has 0 bridgehead atoms. The van der Waals surface area contributed by atoms with Crippen LogP contribution in [-0.2, 0) is 6.54 Å². The fourth-order valence-corrected chi connectivity index (χ4v) is 3.58. The number of aliphatic hydroxyl groups excluding tert-OH is 2. The second-order valence-corrected chi connectivity index (χ2v) is 6.70. The van der Waals surface area contributed by atoms with E-state index in [2.05, 4.69) is 0 Å². The summed E-state index contributed by atoms with van der Waals surface area (Å²) in [6.45, 7) is 0.608. The van der Waals surface area contributed by atoms with Gasteiger partial charge in [-0.3, -0.25) is 4.90 Å². The first-order valence-corrected chi connectivity index (χ1v) is 8.52. The molecule has 1 saturated heterocycles. The molecule has 2 aromatic rings. The summed E-state index contributed by atoms with van der Waals surface area (Å²) in [6.07, 6.45) is -0.736. The van der Waals surface area contributed by atoms with Crippen LogP contribution in [0.5, 0.6) is 5.75 Å². The molecule has 3 atom stereocenters. The number of hydrogen-bond acceptors (Lipinski definition) is 4. The van der Waals surface area contributed by atoms with Gasteiger partial charge in [-0.15, -0.1) is 0 Å². The van der Waals surface area contributed by atoms with Crippen LogP contribution in [-0.4, -0.2) is 47.5 Å². The van der Waals surface area contributed by atoms with Crippen molar-refractivity contribution >= 4 is 11.6 Å². The van der Waals surface area contributed by atoms with Gasteiger partial charge in [0.2, 0.25) is 0 Å². The van der Waals surface area contributed by atoms with Crippen LogP contribution in [0.25, 0.3) is 0 Å². The zero-order chi connectivity index (χ0) is 18.0. The number of methoxy groups -OCH3 is 1. The minimum absolute atomic E-state index is 0.164. The number of rotatable bonds is 5. The van der Waals surface area contributed by atoms with E-state index in [4.69, 9.17) is 16.3 Å². The van der Waals surface area contributed by atoms with E-state index >= 15 is 0 Å². The maximum absolute atomic E-state index is 14.4. The highest BCUT2D eigenvalue weighted by Gasteiger charge is 2.41. The quantitative estimate of drug-likeness (QED) is 0.855. The Kier molecular flexibility index (Phi) is 5.59. The lowest BCUT2D eigenvalue weighted by atomic mass is 9.94. The van der Waals surface area contributed by atoms with Gasteiger partial charge < -0.3 is 14.9 Å². The molecule has 0 amide bonds. The van der Waals surface area contributed by atoms with Crippen LogP contribution in [0.2, 0.25) is 5.02 Å². The van der Waals surface area contributed by atoms with Crippen molar-refractivity contribution in [1.82, 2.24) is 4.90 Å². The van der Waals surface area contributed by atoms with E-state index in [0.717, 1.165) is 5.56 Å². The highest BCUT2D eigenvalue weighted by Crippen LogP contribution is 2.34. The summed E-state index contributed by atoms with van der Waals surface area (Å²) in [6, 6.07) is 11.8. The fourth-order valence-electron chi connectivity index (χ4n) is 3.45. The summed E-state index contributed by atoms with van der Waals surface area (Å²) in [7, 11) is 1.43. The second kappa shape index (κ2) is 7.70. The van der Waals surface area contributed by atoms with E-state index in [-0.39, 0.29) is 24.8 Å². The molecule has 6 heteroatoms. The molecule has 0 aliphatic carbocycles. The van der Waals surface area contributed by atoms with Crippen LogP contribution in [0.15, 0.2) is 42.5 Å². The average Bonchev–Trinajstić information content (AvgIpc) is 2.93. The van der Waals surface area contributed by atoms with Gasteiger partial charge in [0.05, 0.1) is 25.9 Å². The van der Waals surface area contributed by atoms with E-state index in [0.29, 0.717) is 17.1 Å². The summed E-state index contributed by atoms with van der Waals surface area (Å²) in [5.74, 6) is -0.388. The molecule has 25 heavy (non-hydrogen) atoms. The number of hydrogen-bond donors (Lipinski definition) is 2. The lowest BCUT2D eigenvalue weighted by molar-refractivity contribution is 0.0636. The van der Waals surface area contributed by atoms with Crippen LogP contribution in [0.3, 0.4) is 0 Å². The smallest absolute Gasteiger partial charge is 0.169 e. The fraction of sp³-hybridized carbons (Fsp3) is 0.368. The average molecular weight is 366 g/mol. The predicted molar refractivity (Wildman–Crippen MR) is 94.4 cm³/mol. The molecule has 0 aromatic heterocycles. The first-order valence-electron chi connectivity index (χ1n) is 8.15. The SMILES string of the molecule is COc1cccc(CN2C[C@H](c3ccc(Cl)cc3)[C@@H](O)[C@H]2CO)c1F. The molecule has 0 radical (unpaired) electrons. The maximum Gasteiger partial charge on any atom is 0.169 e. The van der Waals surface area contributed by atoms with Gasteiger partial charge in [0, 0.05) is 29.6 Å². The molecule has 1 aliphatic heterocycles. The van der Waals surface area contributed by atoms with Crippen molar-refractivity contribution in [1.29, 1.82) is 0 Å². The van der Waals surface area contributed by atoms with Crippen molar-refractivity contribution in [2.24, 2.45) is 0 Å². The molecule has 2 aromatic carbocycles. The topological polar surface area (TPSA) is 52.9 Å². The Morgan fingerprint density at radius 2 is 1.96 bits per heavy atom. The highest BCUT2D eigenvalue weighted by molar-refractivity contribution is 6.30. The second-order valence-electron chi connectivity index (χ2n) is 6.26.